The van der Waals surface area contributed by atoms with Crippen LogP contribution in [0.3, 0.4) is 0 Å². The molecule has 2 aromatic carbocycles. The van der Waals surface area contributed by atoms with Crippen LogP contribution in [0, 0.1) is 11.7 Å². The number of rotatable bonds is 4. The van der Waals surface area contributed by atoms with E-state index in [0.29, 0.717) is 13.1 Å². The lowest BCUT2D eigenvalue weighted by atomic mass is 9.95. The maximum atomic E-state index is 13.8. The van der Waals surface area contributed by atoms with E-state index in [1.807, 2.05) is 0 Å². The zero-order valence-corrected chi connectivity index (χ0v) is 18.4. The molecule has 2 heterocycles. The van der Waals surface area contributed by atoms with Crippen LogP contribution in [0.25, 0.3) is 0 Å². The molecule has 29 heavy (non-hydrogen) atoms. The SMILES string of the molecule is Cl.O=S(=O)(c1ccc(Cl)c(F)c1)N1CCCC(CN2CCc3ccccc3C2)C1. The molecule has 158 valence electrons. The van der Waals surface area contributed by atoms with E-state index in [0.717, 1.165) is 45.0 Å². The lowest BCUT2D eigenvalue weighted by Gasteiger charge is -2.36. The highest BCUT2D eigenvalue weighted by atomic mass is 35.5. The summed E-state index contributed by atoms with van der Waals surface area (Å²) in [6, 6.07) is 12.2. The number of hydrogen-bond acceptors (Lipinski definition) is 3. The van der Waals surface area contributed by atoms with Crippen molar-refractivity contribution in [2.45, 2.75) is 30.7 Å². The summed E-state index contributed by atoms with van der Waals surface area (Å²) in [5, 5.41) is -0.0687. The van der Waals surface area contributed by atoms with Gasteiger partial charge in [0.2, 0.25) is 10.0 Å². The van der Waals surface area contributed by atoms with Crippen molar-refractivity contribution < 1.29 is 12.8 Å². The molecule has 0 radical (unpaired) electrons. The van der Waals surface area contributed by atoms with Gasteiger partial charge in [0.05, 0.1) is 9.92 Å². The smallest absolute Gasteiger partial charge is 0.243 e. The van der Waals surface area contributed by atoms with Crippen LogP contribution in [0.15, 0.2) is 47.4 Å². The number of halogens is 3. The van der Waals surface area contributed by atoms with Crippen molar-refractivity contribution in [1.29, 1.82) is 0 Å². The number of benzene rings is 2. The lowest BCUT2D eigenvalue weighted by molar-refractivity contribution is 0.167. The Labute approximate surface area is 183 Å². The molecular weight excluding hydrogens is 434 g/mol. The molecule has 4 nitrogen and oxygen atoms in total. The predicted octanol–water partition coefficient (Wildman–Crippen LogP) is 4.36. The van der Waals surface area contributed by atoms with Crippen LogP contribution < -0.4 is 0 Å². The molecule has 0 amide bonds. The predicted molar refractivity (Wildman–Crippen MR) is 116 cm³/mol. The Morgan fingerprint density at radius 3 is 2.62 bits per heavy atom. The van der Waals surface area contributed by atoms with E-state index in [4.69, 9.17) is 11.6 Å². The molecule has 2 aliphatic heterocycles. The average molecular weight is 459 g/mol. The summed E-state index contributed by atoms with van der Waals surface area (Å²) in [4.78, 5) is 2.40. The van der Waals surface area contributed by atoms with Gasteiger partial charge in [0, 0.05) is 32.7 Å². The van der Waals surface area contributed by atoms with Crippen LogP contribution in [0.4, 0.5) is 4.39 Å². The van der Waals surface area contributed by atoms with E-state index < -0.39 is 15.8 Å². The van der Waals surface area contributed by atoms with Gasteiger partial charge in [-0.25, -0.2) is 12.8 Å². The Balaban J connectivity index is 0.00000240. The van der Waals surface area contributed by atoms with Crippen molar-refractivity contribution in [3.63, 3.8) is 0 Å². The van der Waals surface area contributed by atoms with E-state index >= 15 is 0 Å². The highest BCUT2D eigenvalue weighted by molar-refractivity contribution is 7.89. The zero-order valence-electron chi connectivity index (χ0n) is 16.1. The quantitative estimate of drug-likeness (QED) is 0.683. The first-order valence-electron chi connectivity index (χ1n) is 9.68. The molecule has 0 aliphatic carbocycles. The second-order valence-corrected chi connectivity index (χ2v) is 10.0. The van der Waals surface area contributed by atoms with Crippen molar-refractivity contribution in [1.82, 2.24) is 9.21 Å². The first kappa shape index (κ1) is 22.5. The fourth-order valence-corrected chi connectivity index (χ4v) is 5.94. The van der Waals surface area contributed by atoms with Crippen LogP contribution in [0.1, 0.15) is 24.0 Å². The molecule has 2 aliphatic rings. The number of nitrogens with zero attached hydrogens (tertiary/aromatic N) is 2. The monoisotopic (exact) mass is 458 g/mol. The van der Waals surface area contributed by atoms with Crippen molar-refractivity contribution in [2.75, 3.05) is 26.2 Å². The molecule has 0 spiro atoms. The Morgan fingerprint density at radius 1 is 1.10 bits per heavy atom. The molecule has 8 heteroatoms. The van der Waals surface area contributed by atoms with Gasteiger partial charge >= 0.3 is 0 Å². The summed E-state index contributed by atoms with van der Waals surface area (Å²) in [7, 11) is -3.71. The summed E-state index contributed by atoms with van der Waals surface area (Å²) in [5.74, 6) is -0.422. The van der Waals surface area contributed by atoms with Crippen molar-refractivity contribution >= 4 is 34.0 Å². The molecule has 2 aromatic rings. The van der Waals surface area contributed by atoms with Gasteiger partial charge in [0.1, 0.15) is 5.82 Å². The second kappa shape index (κ2) is 9.31. The zero-order chi connectivity index (χ0) is 19.7. The van der Waals surface area contributed by atoms with Gasteiger partial charge in [-0.1, -0.05) is 35.9 Å². The summed E-state index contributed by atoms with van der Waals surface area (Å²) in [6.45, 7) is 3.76. The minimum Gasteiger partial charge on any atom is -0.298 e. The highest BCUT2D eigenvalue weighted by Crippen LogP contribution is 2.27. The van der Waals surface area contributed by atoms with Crippen molar-refractivity contribution in [3.8, 4) is 0 Å². The number of fused-ring (bicyclic) bond motifs is 1. The van der Waals surface area contributed by atoms with Gasteiger partial charge in [-0.15, -0.1) is 12.4 Å². The summed E-state index contributed by atoms with van der Waals surface area (Å²) >= 11 is 5.70. The van der Waals surface area contributed by atoms with Crippen molar-refractivity contribution in [2.24, 2.45) is 5.92 Å². The summed E-state index contributed by atoms with van der Waals surface area (Å²) < 4.78 is 41.2. The third kappa shape index (κ3) is 4.94. The molecule has 1 unspecified atom stereocenters. The number of sulfonamides is 1. The number of hydrogen-bond donors (Lipinski definition) is 0. The fourth-order valence-electron chi connectivity index (χ4n) is 4.26. The van der Waals surface area contributed by atoms with E-state index in [2.05, 4.69) is 29.2 Å². The van der Waals surface area contributed by atoms with Gasteiger partial charge in [-0.3, -0.25) is 4.90 Å². The Morgan fingerprint density at radius 2 is 1.86 bits per heavy atom. The minimum atomic E-state index is -3.71. The number of piperidine rings is 1. The molecule has 1 fully saturated rings. The first-order chi connectivity index (χ1) is 13.4. The Hall–Kier alpha value is -1.18. The van der Waals surface area contributed by atoms with Gasteiger partial charge in [-0.2, -0.15) is 4.31 Å². The molecule has 0 N–H and O–H groups in total. The van der Waals surface area contributed by atoms with Gasteiger partial charge < -0.3 is 0 Å². The third-order valence-electron chi connectivity index (χ3n) is 5.74. The van der Waals surface area contributed by atoms with E-state index in [1.165, 1.54) is 27.6 Å². The van der Waals surface area contributed by atoms with Crippen LogP contribution in [0.5, 0.6) is 0 Å². The van der Waals surface area contributed by atoms with E-state index in [1.54, 1.807) is 0 Å². The standard InChI is InChI=1S/C21H24ClFN2O2S.ClH/c22-20-8-7-19(12-21(20)23)28(26,27)25-10-3-4-16(14-25)13-24-11-9-17-5-1-2-6-18(17)15-24;/h1-2,5-8,12,16H,3-4,9-11,13-15H2;1H. The highest BCUT2D eigenvalue weighted by Gasteiger charge is 2.32. The molecular formula is C21H25Cl2FN2O2S. The normalized spacial score (nSPS) is 20.7. The van der Waals surface area contributed by atoms with Crippen LogP contribution in [0.2, 0.25) is 5.02 Å². The minimum absolute atomic E-state index is 0. The topological polar surface area (TPSA) is 40.6 Å². The van der Waals surface area contributed by atoms with Crippen molar-refractivity contribution in [3.05, 3.63) is 64.4 Å². The summed E-state index contributed by atoms with van der Waals surface area (Å²) in [6.07, 6.45) is 2.87. The van der Waals surface area contributed by atoms with E-state index in [-0.39, 0.29) is 28.2 Å². The largest absolute Gasteiger partial charge is 0.298 e. The maximum absolute atomic E-state index is 13.8. The van der Waals surface area contributed by atoms with E-state index in [9.17, 15) is 12.8 Å². The third-order valence-corrected chi connectivity index (χ3v) is 7.90. The Kier molecular flexibility index (Phi) is 7.23. The lowest BCUT2D eigenvalue weighted by Crippen LogP contribution is -2.44. The fraction of sp³-hybridized carbons (Fsp3) is 0.429. The van der Waals surface area contributed by atoms with Gasteiger partial charge in [0.25, 0.3) is 0 Å². The van der Waals surface area contributed by atoms with Crippen LogP contribution >= 0.6 is 24.0 Å². The molecule has 1 atom stereocenters. The summed E-state index contributed by atoms with van der Waals surface area (Å²) in [5.41, 5.74) is 2.78. The molecule has 0 bridgehead atoms. The molecule has 1 saturated heterocycles. The molecule has 0 aromatic heterocycles. The van der Waals surface area contributed by atoms with Gasteiger partial charge in [-0.05, 0) is 54.5 Å². The molecule has 0 saturated carbocycles. The molecule has 4 rings (SSSR count). The average Bonchev–Trinajstić information content (AvgIpc) is 2.70. The van der Waals surface area contributed by atoms with Crippen LogP contribution in [-0.4, -0.2) is 43.8 Å². The van der Waals surface area contributed by atoms with Crippen LogP contribution in [-0.2, 0) is 23.0 Å². The maximum Gasteiger partial charge on any atom is 0.243 e. The van der Waals surface area contributed by atoms with Gasteiger partial charge in [0.15, 0.2) is 0 Å². The Bertz CT molecular complexity index is 971. The first-order valence-corrected chi connectivity index (χ1v) is 11.5. The second-order valence-electron chi connectivity index (χ2n) is 7.70.